The molecule has 8 aromatic rings. The molecule has 4 nitrogen and oxygen atoms in total. The Kier molecular flexibility index (Phi) is 8.33. The van der Waals surface area contributed by atoms with Gasteiger partial charge in [0.1, 0.15) is 22.5 Å². The summed E-state index contributed by atoms with van der Waals surface area (Å²) in [6.45, 7) is 8.59. The SMILES string of the molecule is Cc1ccc(C)c(-c2ccc(-c3c(Oc4ccccc4)c(Oc4ccccc4)c(-c4ccc(-c5cc(C)ccc5C)s4)c4nsnc34)s2)c1. The van der Waals surface area contributed by atoms with Crippen LogP contribution in [0.1, 0.15) is 22.3 Å². The third kappa shape index (κ3) is 6.06. The zero-order valence-electron chi connectivity index (χ0n) is 27.5. The normalized spacial score (nSPS) is 11.3. The van der Waals surface area contributed by atoms with Crippen molar-refractivity contribution in [2.45, 2.75) is 27.7 Å². The number of nitrogens with zero attached hydrogens (tertiary/aromatic N) is 2. The molecule has 0 unspecified atom stereocenters. The number of aryl methyl sites for hydroxylation is 4. The molecule has 0 aliphatic heterocycles. The van der Waals surface area contributed by atoms with Crippen molar-refractivity contribution < 1.29 is 9.47 Å². The largest absolute Gasteiger partial charge is 0.453 e. The van der Waals surface area contributed by atoms with Crippen LogP contribution in [0.5, 0.6) is 23.0 Å². The summed E-state index contributed by atoms with van der Waals surface area (Å²) in [6.07, 6.45) is 0. The second-order valence-corrected chi connectivity index (χ2v) is 14.9. The summed E-state index contributed by atoms with van der Waals surface area (Å²) in [7, 11) is 0. The molecule has 0 N–H and O–H groups in total. The van der Waals surface area contributed by atoms with Crippen molar-refractivity contribution in [1.29, 1.82) is 0 Å². The minimum Gasteiger partial charge on any atom is -0.453 e. The van der Waals surface area contributed by atoms with Crippen LogP contribution < -0.4 is 9.47 Å². The van der Waals surface area contributed by atoms with E-state index in [-0.39, 0.29) is 0 Å². The number of hydrogen-bond acceptors (Lipinski definition) is 7. The van der Waals surface area contributed by atoms with Gasteiger partial charge in [-0.1, -0.05) is 83.9 Å². The summed E-state index contributed by atoms with van der Waals surface area (Å²) in [5.41, 5.74) is 10.7. The van der Waals surface area contributed by atoms with E-state index in [1.807, 2.05) is 60.7 Å². The standard InChI is InChI=1S/C42H32N2O2S3/c1-25-15-17-27(3)31(23-25)33-19-21-35(47-33)37-39-40(44-49-43-39)38(36-22-20-34(48-36)32-24-26(2)16-18-28(32)4)42(46-30-13-9-6-10-14-30)41(37)45-29-11-7-5-8-12-29/h5-24H,1-4H3. The summed E-state index contributed by atoms with van der Waals surface area (Å²) in [5.74, 6) is 2.65. The molecular formula is C42H32N2O2S3. The smallest absolute Gasteiger partial charge is 0.181 e. The molecule has 0 aliphatic carbocycles. The Morgan fingerprint density at radius 2 is 0.857 bits per heavy atom. The van der Waals surface area contributed by atoms with Crippen LogP contribution in [-0.2, 0) is 0 Å². The maximum atomic E-state index is 6.91. The first-order chi connectivity index (χ1) is 23.9. The molecule has 0 radical (unpaired) electrons. The quantitative estimate of drug-likeness (QED) is 0.159. The molecule has 5 aromatic carbocycles. The lowest BCUT2D eigenvalue weighted by Crippen LogP contribution is -1.97. The lowest BCUT2D eigenvalue weighted by Gasteiger charge is -2.19. The first kappa shape index (κ1) is 31.2. The molecule has 0 saturated heterocycles. The van der Waals surface area contributed by atoms with Crippen molar-refractivity contribution in [2.75, 3.05) is 0 Å². The van der Waals surface area contributed by atoms with Crippen molar-refractivity contribution in [2.24, 2.45) is 0 Å². The molecule has 0 saturated carbocycles. The highest BCUT2D eigenvalue weighted by Crippen LogP contribution is 2.55. The second kappa shape index (κ2) is 13.1. The van der Waals surface area contributed by atoms with E-state index in [9.17, 15) is 0 Å². The fourth-order valence-corrected chi connectivity index (χ4v) is 8.88. The molecule has 240 valence electrons. The average Bonchev–Trinajstić information content (AvgIpc) is 3.90. The molecular weight excluding hydrogens is 661 g/mol. The zero-order chi connectivity index (χ0) is 33.5. The van der Waals surface area contributed by atoms with E-state index in [0.717, 1.165) is 31.9 Å². The third-order valence-corrected chi connectivity index (χ3v) is 11.4. The van der Waals surface area contributed by atoms with Crippen LogP contribution in [0.15, 0.2) is 121 Å². The van der Waals surface area contributed by atoms with Crippen LogP contribution in [-0.4, -0.2) is 8.75 Å². The van der Waals surface area contributed by atoms with E-state index >= 15 is 0 Å². The highest BCUT2D eigenvalue weighted by atomic mass is 32.1. The first-order valence-corrected chi connectivity index (χ1v) is 18.4. The Hall–Kier alpha value is -5.08. The minimum absolute atomic E-state index is 0.612. The summed E-state index contributed by atoms with van der Waals surface area (Å²) in [4.78, 5) is 4.44. The van der Waals surface area contributed by atoms with Crippen LogP contribution >= 0.6 is 34.4 Å². The van der Waals surface area contributed by atoms with Gasteiger partial charge in [-0.25, -0.2) is 0 Å². The van der Waals surface area contributed by atoms with Crippen LogP contribution in [0.3, 0.4) is 0 Å². The topological polar surface area (TPSA) is 44.2 Å². The van der Waals surface area contributed by atoms with E-state index < -0.39 is 0 Å². The van der Waals surface area contributed by atoms with Crippen LogP contribution in [0.2, 0.25) is 0 Å². The summed E-state index contributed by atoms with van der Waals surface area (Å²) in [5, 5.41) is 0. The van der Waals surface area contributed by atoms with Crippen LogP contribution in [0.4, 0.5) is 0 Å². The fraction of sp³-hybridized carbons (Fsp3) is 0.0952. The molecule has 3 heterocycles. The molecule has 0 spiro atoms. The van der Waals surface area contributed by atoms with E-state index in [2.05, 4.69) is 88.4 Å². The number of benzene rings is 5. The van der Waals surface area contributed by atoms with Crippen LogP contribution in [0, 0.1) is 27.7 Å². The summed E-state index contributed by atoms with van der Waals surface area (Å²) >= 11 is 4.67. The average molecular weight is 693 g/mol. The second-order valence-electron chi connectivity index (χ2n) is 12.2. The van der Waals surface area contributed by atoms with Gasteiger partial charge in [0.25, 0.3) is 0 Å². The predicted molar refractivity (Wildman–Crippen MR) is 207 cm³/mol. The summed E-state index contributed by atoms with van der Waals surface area (Å²) in [6, 6.07) is 41.7. The monoisotopic (exact) mass is 692 g/mol. The Balaban J connectivity index is 1.40. The number of hydrogen-bond donors (Lipinski definition) is 0. The van der Waals surface area contributed by atoms with Gasteiger partial charge in [0.2, 0.25) is 0 Å². The van der Waals surface area contributed by atoms with Gasteiger partial charge in [0.05, 0.1) is 22.9 Å². The Morgan fingerprint density at radius 3 is 1.29 bits per heavy atom. The number of para-hydroxylation sites is 2. The molecule has 0 atom stereocenters. The summed E-state index contributed by atoms with van der Waals surface area (Å²) < 4.78 is 23.7. The van der Waals surface area contributed by atoms with E-state index in [1.54, 1.807) is 22.7 Å². The van der Waals surface area contributed by atoms with Crippen molar-refractivity contribution in [3.63, 3.8) is 0 Å². The van der Waals surface area contributed by atoms with Gasteiger partial charge in [0.15, 0.2) is 11.5 Å². The predicted octanol–water partition coefficient (Wildman–Crippen LogP) is 13.3. The van der Waals surface area contributed by atoms with Crippen molar-refractivity contribution in [1.82, 2.24) is 8.75 Å². The van der Waals surface area contributed by atoms with Gasteiger partial charge < -0.3 is 9.47 Å². The number of thiophene rings is 2. The third-order valence-electron chi connectivity index (χ3n) is 8.57. The Bertz CT molecular complexity index is 2270. The van der Waals surface area contributed by atoms with Gasteiger partial charge in [-0.3, -0.25) is 0 Å². The molecule has 3 aromatic heterocycles. The van der Waals surface area contributed by atoms with Crippen molar-refractivity contribution in [3.8, 4) is 64.8 Å². The van der Waals surface area contributed by atoms with Gasteiger partial charge >= 0.3 is 0 Å². The lowest BCUT2D eigenvalue weighted by atomic mass is 10.0. The Morgan fingerprint density at radius 1 is 0.449 bits per heavy atom. The highest BCUT2D eigenvalue weighted by Gasteiger charge is 2.30. The van der Waals surface area contributed by atoms with Gasteiger partial charge in [-0.15, -0.1) is 22.7 Å². The van der Waals surface area contributed by atoms with Gasteiger partial charge in [0, 0.05) is 19.5 Å². The Labute approximate surface area is 298 Å². The number of rotatable bonds is 8. The molecule has 49 heavy (non-hydrogen) atoms. The van der Waals surface area contributed by atoms with Crippen molar-refractivity contribution in [3.05, 3.63) is 144 Å². The van der Waals surface area contributed by atoms with E-state index in [0.29, 0.717) is 23.0 Å². The minimum atomic E-state index is 0.612. The maximum Gasteiger partial charge on any atom is 0.181 e. The highest BCUT2D eigenvalue weighted by molar-refractivity contribution is 7.19. The number of aromatic nitrogens is 2. The molecule has 7 heteroatoms. The molecule has 0 bridgehead atoms. The molecule has 0 aliphatic rings. The number of ether oxygens (including phenoxy) is 2. The van der Waals surface area contributed by atoms with Crippen molar-refractivity contribution >= 4 is 45.4 Å². The molecule has 8 rings (SSSR count). The molecule has 0 amide bonds. The van der Waals surface area contributed by atoms with E-state index in [1.165, 1.54) is 54.9 Å². The molecule has 0 fully saturated rings. The zero-order valence-corrected chi connectivity index (χ0v) is 29.9. The van der Waals surface area contributed by atoms with Gasteiger partial charge in [-0.2, -0.15) is 8.75 Å². The fourth-order valence-electron chi connectivity index (χ4n) is 6.06. The van der Waals surface area contributed by atoms with Gasteiger partial charge in [-0.05, 0) is 98.5 Å². The maximum absolute atomic E-state index is 6.91. The first-order valence-electron chi connectivity index (χ1n) is 16.1. The van der Waals surface area contributed by atoms with Crippen LogP contribution in [0.25, 0.3) is 52.8 Å². The van der Waals surface area contributed by atoms with E-state index in [4.69, 9.17) is 18.2 Å². The lowest BCUT2D eigenvalue weighted by molar-refractivity contribution is 0.422. The number of fused-ring (bicyclic) bond motifs is 1.